The van der Waals surface area contributed by atoms with Crippen molar-refractivity contribution in [3.05, 3.63) is 95.6 Å². The largest absolute Gasteiger partial charge is 0.325 e. The molecule has 0 aliphatic carbocycles. The van der Waals surface area contributed by atoms with Crippen LogP contribution in [0.1, 0.15) is 26.3 Å². The molecule has 3 aromatic carbocycles. The Kier molecular flexibility index (Phi) is 6.48. The number of nitrogens with one attached hydrogen (secondary N) is 1. The number of amides is 2. The van der Waals surface area contributed by atoms with Crippen molar-refractivity contribution in [3.8, 4) is 0 Å². The monoisotopic (exact) mass is 430 g/mol. The van der Waals surface area contributed by atoms with Crippen molar-refractivity contribution < 1.29 is 14.4 Å². The molecular formula is C25H22N2O3S. The molecule has 1 heterocycles. The summed E-state index contributed by atoms with van der Waals surface area (Å²) >= 11 is 1.28. The molecule has 2 amide bonds. The molecule has 0 fully saturated rings. The van der Waals surface area contributed by atoms with E-state index in [2.05, 4.69) is 5.32 Å². The summed E-state index contributed by atoms with van der Waals surface area (Å²) < 4.78 is 0. The molecule has 3 aromatic rings. The van der Waals surface area contributed by atoms with Crippen molar-refractivity contribution in [2.24, 2.45) is 0 Å². The number of thioether (sulfide) groups is 1. The SMILES string of the molecule is O=C(CSCC(=O)c1ccccc1)Nc1ccc(C(=O)N2CCc3ccccc32)cc1. The smallest absolute Gasteiger partial charge is 0.258 e. The number of fused-ring (bicyclic) bond motifs is 1. The molecular weight excluding hydrogens is 408 g/mol. The first kappa shape index (κ1) is 20.9. The van der Waals surface area contributed by atoms with E-state index in [1.54, 1.807) is 41.3 Å². The van der Waals surface area contributed by atoms with E-state index in [1.165, 1.54) is 17.3 Å². The third kappa shape index (κ3) is 5.03. The molecule has 0 radical (unpaired) electrons. The van der Waals surface area contributed by atoms with Crippen LogP contribution in [0.25, 0.3) is 0 Å². The molecule has 0 spiro atoms. The fourth-order valence-electron chi connectivity index (χ4n) is 3.54. The summed E-state index contributed by atoms with van der Waals surface area (Å²) in [5.74, 6) is 0.215. The molecule has 0 aromatic heterocycles. The predicted octanol–water partition coefficient (Wildman–Crippen LogP) is 4.44. The standard InChI is InChI=1S/C25H22N2O3S/c28-23(19-7-2-1-3-8-19)16-31-17-24(29)26-21-12-10-20(11-13-21)25(30)27-15-14-18-6-4-5-9-22(18)27/h1-13H,14-17H2,(H,26,29). The van der Waals surface area contributed by atoms with Gasteiger partial charge >= 0.3 is 0 Å². The Labute approximate surface area is 185 Å². The Hall–Kier alpha value is -3.38. The van der Waals surface area contributed by atoms with Crippen LogP contribution in [0.3, 0.4) is 0 Å². The molecule has 6 heteroatoms. The molecule has 1 N–H and O–H groups in total. The average molecular weight is 431 g/mol. The van der Waals surface area contributed by atoms with Crippen LogP contribution < -0.4 is 10.2 Å². The zero-order valence-corrected chi connectivity index (χ0v) is 17.7. The Balaban J connectivity index is 1.28. The van der Waals surface area contributed by atoms with E-state index in [0.717, 1.165) is 12.1 Å². The fraction of sp³-hybridized carbons (Fsp3) is 0.160. The minimum absolute atomic E-state index is 0.00440. The van der Waals surface area contributed by atoms with Gasteiger partial charge in [0.05, 0.1) is 11.5 Å². The lowest BCUT2D eigenvalue weighted by atomic mass is 10.1. The summed E-state index contributed by atoms with van der Waals surface area (Å²) in [5.41, 5.74) is 4.00. The molecule has 1 aliphatic rings. The summed E-state index contributed by atoms with van der Waals surface area (Å²) in [6, 6.07) is 23.9. The average Bonchev–Trinajstić information content (AvgIpc) is 3.24. The lowest BCUT2D eigenvalue weighted by Gasteiger charge is -2.17. The van der Waals surface area contributed by atoms with Crippen LogP contribution >= 0.6 is 11.8 Å². The van der Waals surface area contributed by atoms with Crippen LogP contribution in [0.2, 0.25) is 0 Å². The zero-order chi connectivity index (χ0) is 21.6. The van der Waals surface area contributed by atoms with Gasteiger partial charge in [0.1, 0.15) is 0 Å². The van der Waals surface area contributed by atoms with E-state index >= 15 is 0 Å². The van der Waals surface area contributed by atoms with Crippen molar-refractivity contribution in [3.63, 3.8) is 0 Å². The highest BCUT2D eigenvalue weighted by molar-refractivity contribution is 8.00. The number of ketones is 1. The second-order valence-corrected chi connectivity index (χ2v) is 8.23. The predicted molar refractivity (Wildman–Crippen MR) is 125 cm³/mol. The van der Waals surface area contributed by atoms with Crippen molar-refractivity contribution in [2.45, 2.75) is 6.42 Å². The second kappa shape index (κ2) is 9.62. The lowest BCUT2D eigenvalue weighted by Crippen LogP contribution is -2.28. The van der Waals surface area contributed by atoms with E-state index < -0.39 is 0 Å². The minimum Gasteiger partial charge on any atom is -0.325 e. The van der Waals surface area contributed by atoms with Crippen molar-refractivity contribution in [1.29, 1.82) is 0 Å². The van der Waals surface area contributed by atoms with Crippen LogP contribution in [-0.4, -0.2) is 35.6 Å². The highest BCUT2D eigenvalue weighted by Crippen LogP contribution is 2.29. The Morgan fingerprint density at radius 1 is 0.806 bits per heavy atom. The third-order valence-corrected chi connectivity index (χ3v) is 6.04. The quantitative estimate of drug-likeness (QED) is 0.563. The molecule has 0 bridgehead atoms. The van der Waals surface area contributed by atoms with E-state index in [9.17, 15) is 14.4 Å². The lowest BCUT2D eigenvalue weighted by molar-refractivity contribution is -0.113. The Morgan fingerprint density at radius 3 is 2.29 bits per heavy atom. The van der Waals surface area contributed by atoms with Gasteiger partial charge in [0, 0.05) is 29.0 Å². The van der Waals surface area contributed by atoms with E-state index in [-0.39, 0.29) is 29.1 Å². The normalized spacial score (nSPS) is 12.3. The van der Waals surface area contributed by atoms with Crippen LogP contribution in [0.4, 0.5) is 11.4 Å². The van der Waals surface area contributed by atoms with Gasteiger partial charge in [-0.05, 0) is 42.3 Å². The summed E-state index contributed by atoms with van der Waals surface area (Å²) in [6.45, 7) is 0.676. The van der Waals surface area contributed by atoms with Gasteiger partial charge in [-0.15, -0.1) is 11.8 Å². The molecule has 1 aliphatic heterocycles. The van der Waals surface area contributed by atoms with Crippen LogP contribution in [-0.2, 0) is 11.2 Å². The second-order valence-electron chi connectivity index (χ2n) is 7.24. The summed E-state index contributed by atoms with van der Waals surface area (Å²) in [4.78, 5) is 38.9. The maximum atomic E-state index is 12.9. The first-order valence-electron chi connectivity index (χ1n) is 10.1. The highest BCUT2D eigenvalue weighted by Gasteiger charge is 2.25. The molecule has 0 saturated carbocycles. The number of rotatable bonds is 7. The van der Waals surface area contributed by atoms with E-state index in [4.69, 9.17) is 0 Å². The number of benzene rings is 3. The number of carbonyl (C=O) groups is 3. The van der Waals surface area contributed by atoms with Gasteiger partial charge in [-0.25, -0.2) is 0 Å². The van der Waals surface area contributed by atoms with Crippen LogP contribution in [0, 0.1) is 0 Å². The maximum absolute atomic E-state index is 12.9. The molecule has 156 valence electrons. The Morgan fingerprint density at radius 2 is 1.52 bits per heavy atom. The van der Waals surface area contributed by atoms with Gasteiger partial charge in [-0.1, -0.05) is 48.5 Å². The van der Waals surface area contributed by atoms with Crippen molar-refractivity contribution in [1.82, 2.24) is 0 Å². The molecule has 0 saturated heterocycles. The summed E-state index contributed by atoms with van der Waals surface area (Å²) in [6.07, 6.45) is 0.862. The molecule has 5 nitrogen and oxygen atoms in total. The first-order chi connectivity index (χ1) is 15.1. The van der Waals surface area contributed by atoms with Gasteiger partial charge in [-0.3, -0.25) is 14.4 Å². The number of carbonyl (C=O) groups excluding carboxylic acids is 3. The van der Waals surface area contributed by atoms with E-state index in [0.29, 0.717) is 23.4 Å². The minimum atomic E-state index is -0.182. The summed E-state index contributed by atoms with van der Waals surface area (Å²) in [7, 11) is 0. The Bertz CT molecular complexity index is 1100. The van der Waals surface area contributed by atoms with Gasteiger partial charge in [0.15, 0.2) is 5.78 Å². The molecule has 31 heavy (non-hydrogen) atoms. The van der Waals surface area contributed by atoms with Crippen LogP contribution in [0.5, 0.6) is 0 Å². The molecule has 0 unspecified atom stereocenters. The van der Waals surface area contributed by atoms with Crippen LogP contribution in [0.15, 0.2) is 78.9 Å². The summed E-state index contributed by atoms with van der Waals surface area (Å²) in [5, 5.41) is 2.81. The fourth-order valence-corrected chi connectivity index (χ4v) is 4.25. The number of para-hydroxylation sites is 1. The number of Topliss-reactive ketones (excluding diaryl/α,β-unsaturated/α-hetero) is 1. The number of hydrogen-bond donors (Lipinski definition) is 1. The van der Waals surface area contributed by atoms with Crippen molar-refractivity contribution in [2.75, 3.05) is 28.3 Å². The number of hydrogen-bond acceptors (Lipinski definition) is 4. The zero-order valence-electron chi connectivity index (χ0n) is 16.9. The van der Waals surface area contributed by atoms with E-state index in [1.807, 2.05) is 42.5 Å². The van der Waals surface area contributed by atoms with Gasteiger partial charge in [-0.2, -0.15) is 0 Å². The first-order valence-corrected chi connectivity index (χ1v) is 11.2. The molecule has 4 rings (SSSR count). The molecule has 0 atom stereocenters. The van der Waals surface area contributed by atoms with Gasteiger partial charge in [0.25, 0.3) is 5.91 Å². The maximum Gasteiger partial charge on any atom is 0.258 e. The third-order valence-electron chi connectivity index (χ3n) is 5.11. The highest BCUT2D eigenvalue weighted by atomic mass is 32.2. The van der Waals surface area contributed by atoms with Gasteiger partial charge < -0.3 is 10.2 Å². The topological polar surface area (TPSA) is 66.5 Å². The number of anilines is 2. The van der Waals surface area contributed by atoms with Crippen molar-refractivity contribution >= 4 is 40.7 Å². The number of nitrogens with zero attached hydrogens (tertiary/aromatic N) is 1. The van der Waals surface area contributed by atoms with Gasteiger partial charge in [0.2, 0.25) is 5.91 Å².